The normalized spacial score (nSPS) is 10.4. The van der Waals surface area contributed by atoms with Crippen LogP contribution in [-0.4, -0.2) is 6.88 Å². The first-order valence-electron chi connectivity index (χ1n) is 9.73. The first-order chi connectivity index (χ1) is 13.2. The summed E-state index contributed by atoms with van der Waals surface area (Å²) in [6, 6.07) is 26.0. The Labute approximate surface area is 219 Å². The third-order valence-electron chi connectivity index (χ3n) is 4.98. The molecule has 0 aliphatic carbocycles. The molecule has 4 aromatic rings. The van der Waals surface area contributed by atoms with Gasteiger partial charge in [-0.25, -0.2) is 0 Å². The minimum atomic E-state index is 0. The van der Waals surface area contributed by atoms with Crippen molar-refractivity contribution in [2.75, 3.05) is 0 Å². The molecule has 0 unspecified atom stereocenters. The molecule has 2 radical (unpaired) electrons. The van der Waals surface area contributed by atoms with E-state index in [1.165, 1.54) is 56.0 Å². The average molecular weight is 550 g/mol. The van der Waals surface area contributed by atoms with E-state index in [1.807, 2.05) is 0 Å². The van der Waals surface area contributed by atoms with Gasteiger partial charge in [0.05, 0.1) is 0 Å². The Morgan fingerprint density at radius 1 is 0.613 bits per heavy atom. The van der Waals surface area contributed by atoms with E-state index in [-0.39, 0.29) is 43.1 Å². The summed E-state index contributed by atoms with van der Waals surface area (Å²) in [7, 11) is 0. The van der Waals surface area contributed by atoms with Crippen LogP contribution >= 0.6 is 24.8 Å². The molecular weight excluding hydrogens is 515 g/mol. The molecule has 0 spiro atoms. The molecule has 0 amide bonds. The molecular formula is C27H35Cl2SiZr-3. The van der Waals surface area contributed by atoms with Gasteiger partial charge in [-0.2, -0.15) is 0 Å². The number of hydrogen-bond acceptors (Lipinski definition) is 0. The zero-order valence-corrected chi connectivity index (χ0v) is 24.8. The Bertz CT molecular complexity index is 948. The zero-order chi connectivity index (χ0) is 20.9. The second-order valence-electron chi connectivity index (χ2n) is 9.17. The molecule has 4 heteroatoms. The fraction of sp³-hybridized carbons (Fsp3) is 0.296. The molecule has 31 heavy (non-hydrogen) atoms. The average Bonchev–Trinajstić information content (AvgIpc) is 3.27. The predicted molar refractivity (Wildman–Crippen MR) is 143 cm³/mol. The molecule has 0 saturated heterocycles. The van der Waals surface area contributed by atoms with Crippen LogP contribution in [0.3, 0.4) is 0 Å². The number of benzene rings is 2. The van der Waals surface area contributed by atoms with Crippen molar-refractivity contribution in [1.29, 1.82) is 0 Å². The summed E-state index contributed by atoms with van der Waals surface area (Å²) >= 11 is 1.36. The summed E-state index contributed by atoms with van der Waals surface area (Å²) in [5.41, 5.74) is 3.40. The van der Waals surface area contributed by atoms with E-state index in [0.717, 1.165) is 0 Å². The SMILES string of the molecule is CC(C)(C)c1c[cH-]c2ccccc12.CC(C)(C)c1c[cH-]c2ccccc12.Cl.Cl.[CH3-].[Si]=[Zr]. The van der Waals surface area contributed by atoms with Crippen molar-refractivity contribution in [2.45, 2.75) is 52.4 Å². The van der Waals surface area contributed by atoms with Crippen LogP contribution in [0, 0.1) is 7.43 Å². The van der Waals surface area contributed by atoms with Gasteiger partial charge in [-0.3, -0.25) is 0 Å². The van der Waals surface area contributed by atoms with E-state index in [9.17, 15) is 0 Å². The van der Waals surface area contributed by atoms with E-state index in [2.05, 4.69) is 121 Å². The van der Waals surface area contributed by atoms with E-state index < -0.39 is 0 Å². The number of fused-ring (bicyclic) bond motifs is 2. The molecule has 0 fully saturated rings. The molecule has 0 aliphatic rings. The van der Waals surface area contributed by atoms with Crippen LogP contribution in [0.1, 0.15) is 52.7 Å². The van der Waals surface area contributed by atoms with Gasteiger partial charge in [0.1, 0.15) is 0 Å². The van der Waals surface area contributed by atoms with Crippen molar-refractivity contribution in [3.63, 3.8) is 0 Å². The van der Waals surface area contributed by atoms with Gasteiger partial charge in [0.25, 0.3) is 0 Å². The molecule has 0 N–H and O–H groups in total. The van der Waals surface area contributed by atoms with Crippen molar-refractivity contribution >= 4 is 53.2 Å². The van der Waals surface area contributed by atoms with Gasteiger partial charge in [0, 0.05) is 0 Å². The first kappa shape index (κ1) is 32.5. The number of hydrogen-bond donors (Lipinski definition) is 0. The van der Waals surface area contributed by atoms with Crippen LogP contribution < -0.4 is 0 Å². The predicted octanol–water partition coefficient (Wildman–Crippen LogP) is 8.62. The molecule has 0 bridgehead atoms. The Morgan fingerprint density at radius 3 is 1.19 bits per heavy atom. The third-order valence-corrected chi connectivity index (χ3v) is 4.98. The first-order valence-corrected chi connectivity index (χ1v) is 13.9. The fourth-order valence-corrected chi connectivity index (χ4v) is 3.61. The molecule has 0 atom stereocenters. The van der Waals surface area contributed by atoms with E-state index >= 15 is 0 Å². The van der Waals surface area contributed by atoms with Crippen LogP contribution in [0.5, 0.6) is 0 Å². The van der Waals surface area contributed by atoms with Crippen molar-refractivity contribution < 1.29 is 23.3 Å². The van der Waals surface area contributed by atoms with Gasteiger partial charge in [-0.15, -0.1) is 118 Å². The molecule has 0 nitrogen and oxygen atoms in total. The molecule has 0 heterocycles. The van der Waals surface area contributed by atoms with Crippen molar-refractivity contribution in [1.82, 2.24) is 0 Å². The number of rotatable bonds is 0. The van der Waals surface area contributed by atoms with Crippen molar-refractivity contribution in [3.05, 3.63) is 91.3 Å². The summed E-state index contributed by atoms with van der Waals surface area (Å²) in [6.45, 7) is 16.6. The van der Waals surface area contributed by atoms with Crippen molar-refractivity contribution in [2.24, 2.45) is 0 Å². The van der Waals surface area contributed by atoms with E-state index in [4.69, 9.17) is 0 Å². The second-order valence-corrected chi connectivity index (χ2v) is 9.17. The number of halogens is 2. The van der Waals surface area contributed by atoms with Crippen LogP contribution in [-0.2, 0) is 34.2 Å². The van der Waals surface area contributed by atoms with Gasteiger partial charge in [0.2, 0.25) is 0 Å². The van der Waals surface area contributed by atoms with Crippen molar-refractivity contribution in [3.8, 4) is 0 Å². The topological polar surface area (TPSA) is 0 Å². The molecule has 4 rings (SSSR count). The Hall–Kier alpha value is -0.660. The summed E-state index contributed by atoms with van der Waals surface area (Å²) in [5, 5.41) is 5.50. The molecule has 4 aromatic carbocycles. The Balaban J connectivity index is 0. The Kier molecular flexibility index (Phi) is 14.5. The molecule has 168 valence electrons. The molecule has 0 saturated carbocycles. The maximum atomic E-state index is 3.06. The van der Waals surface area contributed by atoms with Crippen LogP contribution in [0.25, 0.3) is 21.5 Å². The molecule has 0 aromatic heterocycles. The monoisotopic (exact) mass is 547 g/mol. The summed E-state index contributed by atoms with van der Waals surface area (Å²) in [6.07, 6.45) is 0. The maximum absolute atomic E-state index is 3.06. The van der Waals surface area contributed by atoms with Gasteiger partial charge >= 0.3 is 30.2 Å². The Morgan fingerprint density at radius 2 is 0.903 bits per heavy atom. The van der Waals surface area contributed by atoms with Gasteiger partial charge in [-0.05, 0) is 0 Å². The fourth-order valence-electron chi connectivity index (χ4n) is 3.61. The minimum absolute atomic E-state index is 0. The van der Waals surface area contributed by atoms with Gasteiger partial charge < -0.3 is 7.43 Å². The third kappa shape index (κ3) is 8.32. The van der Waals surface area contributed by atoms with Crippen LogP contribution in [0.2, 0.25) is 0 Å². The van der Waals surface area contributed by atoms with Gasteiger partial charge in [-0.1, -0.05) is 64.5 Å². The van der Waals surface area contributed by atoms with E-state index in [0.29, 0.717) is 0 Å². The summed E-state index contributed by atoms with van der Waals surface area (Å²) in [4.78, 5) is 0. The summed E-state index contributed by atoms with van der Waals surface area (Å²) < 4.78 is 0. The van der Waals surface area contributed by atoms with E-state index in [1.54, 1.807) is 0 Å². The molecule has 0 aliphatic heterocycles. The standard InChI is InChI=1S/2C13H15.CH3.2ClH.Si.Zr/c2*1-13(2,3)12-9-8-10-6-4-5-7-11(10)12;;;;;/h2*4-9H,1-3H3;1H3;2*1H;;/q3*-1;;;;. The van der Waals surface area contributed by atoms with Gasteiger partial charge in [0.15, 0.2) is 0 Å². The second kappa shape index (κ2) is 13.8. The van der Waals surface area contributed by atoms with Crippen LogP contribution in [0.4, 0.5) is 0 Å². The quantitative estimate of drug-likeness (QED) is 0.152. The van der Waals surface area contributed by atoms with Crippen LogP contribution in [0.15, 0.2) is 72.8 Å². The zero-order valence-electron chi connectivity index (χ0n) is 19.7. The summed E-state index contributed by atoms with van der Waals surface area (Å²) in [5.74, 6) is 0.